The number of urea groups is 1. The minimum atomic E-state index is -0.972. The SMILES string of the molecule is CCCCCNC(=O)N(C)c1cccc(-c2ccc(Nc3ccccc3C(=O)O)cc2)c1. The van der Waals surface area contributed by atoms with Crippen molar-refractivity contribution in [1.82, 2.24) is 5.32 Å². The molecule has 0 aliphatic rings. The van der Waals surface area contributed by atoms with Crippen molar-refractivity contribution in [3.05, 3.63) is 78.4 Å². The first-order chi connectivity index (χ1) is 15.5. The molecule has 0 heterocycles. The molecule has 0 aliphatic carbocycles. The Hall–Kier alpha value is -3.80. The molecule has 6 nitrogen and oxygen atoms in total. The number of carbonyl (C=O) groups is 2. The molecule has 0 saturated heterocycles. The van der Waals surface area contributed by atoms with Gasteiger partial charge in [0.05, 0.1) is 11.3 Å². The van der Waals surface area contributed by atoms with E-state index < -0.39 is 5.97 Å². The van der Waals surface area contributed by atoms with E-state index in [2.05, 4.69) is 17.6 Å². The fourth-order valence-electron chi connectivity index (χ4n) is 3.38. The zero-order valence-corrected chi connectivity index (χ0v) is 18.5. The van der Waals surface area contributed by atoms with Crippen LogP contribution in [0.3, 0.4) is 0 Å². The van der Waals surface area contributed by atoms with Gasteiger partial charge in [-0.25, -0.2) is 9.59 Å². The Morgan fingerprint density at radius 2 is 1.66 bits per heavy atom. The number of hydrogen-bond donors (Lipinski definition) is 3. The molecule has 0 aromatic heterocycles. The van der Waals surface area contributed by atoms with Crippen LogP contribution in [0.5, 0.6) is 0 Å². The summed E-state index contributed by atoms with van der Waals surface area (Å²) >= 11 is 0. The monoisotopic (exact) mass is 431 g/mol. The van der Waals surface area contributed by atoms with Gasteiger partial charge in [0, 0.05) is 25.0 Å². The van der Waals surface area contributed by atoms with Crippen molar-refractivity contribution in [2.24, 2.45) is 0 Å². The van der Waals surface area contributed by atoms with Crippen molar-refractivity contribution < 1.29 is 14.7 Å². The third-order valence-corrected chi connectivity index (χ3v) is 5.25. The van der Waals surface area contributed by atoms with E-state index in [1.54, 1.807) is 36.2 Å². The standard InChI is InChI=1S/C26H29N3O3/c1-3-4-7-17-27-26(32)29(2)22-10-8-9-20(18-22)19-13-15-21(16-14-19)28-24-12-6-5-11-23(24)25(30)31/h5-6,8-16,18,28H,3-4,7,17H2,1-2H3,(H,27,32)(H,30,31). The van der Waals surface area contributed by atoms with E-state index in [0.717, 1.165) is 41.8 Å². The van der Waals surface area contributed by atoms with E-state index in [0.29, 0.717) is 12.2 Å². The fourth-order valence-corrected chi connectivity index (χ4v) is 3.38. The molecule has 3 rings (SSSR count). The molecule has 32 heavy (non-hydrogen) atoms. The number of unbranched alkanes of at least 4 members (excludes halogenated alkanes) is 2. The predicted molar refractivity (Wildman–Crippen MR) is 130 cm³/mol. The first-order valence-corrected chi connectivity index (χ1v) is 10.8. The molecule has 0 atom stereocenters. The molecule has 0 radical (unpaired) electrons. The number of benzene rings is 3. The van der Waals surface area contributed by atoms with E-state index in [9.17, 15) is 14.7 Å². The van der Waals surface area contributed by atoms with Crippen LogP contribution in [0.4, 0.5) is 21.9 Å². The second-order valence-corrected chi connectivity index (χ2v) is 7.60. The summed E-state index contributed by atoms with van der Waals surface area (Å²) in [6, 6.07) is 22.3. The largest absolute Gasteiger partial charge is 0.478 e. The van der Waals surface area contributed by atoms with Crippen molar-refractivity contribution in [1.29, 1.82) is 0 Å². The third-order valence-electron chi connectivity index (χ3n) is 5.25. The molecular formula is C26H29N3O3. The first kappa shape index (κ1) is 22.9. The lowest BCUT2D eigenvalue weighted by Gasteiger charge is -2.19. The predicted octanol–water partition coefficient (Wildman–Crippen LogP) is 6.13. The maximum atomic E-state index is 12.4. The summed E-state index contributed by atoms with van der Waals surface area (Å²) in [4.78, 5) is 25.4. The van der Waals surface area contributed by atoms with E-state index >= 15 is 0 Å². The minimum Gasteiger partial charge on any atom is -0.478 e. The molecule has 6 heteroatoms. The number of carboxylic acid groups (broad SMARTS) is 1. The van der Waals surface area contributed by atoms with Gasteiger partial charge in [-0.3, -0.25) is 4.90 Å². The van der Waals surface area contributed by atoms with Crippen LogP contribution in [0.1, 0.15) is 36.5 Å². The van der Waals surface area contributed by atoms with Crippen molar-refractivity contribution in [2.75, 3.05) is 23.8 Å². The van der Waals surface area contributed by atoms with Crippen molar-refractivity contribution in [3.63, 3.8) is 0 Å². The number of rotatable bonds is 9. The van der Waals surface area contributed by atoms with Crippen LogP contribution in [0, 0.1) is 0 Å². The second-order valence-electron chi connectivity index (χ2n) is 7.60. The number of nitrogens with zero attached hydrogens (tertiary/aromatic N) is 1. The van der Waals surface area contributed by atoms with Gasteiger partial charge in [-0.15, -0.1) is 0 Å². The topological polar surface area (TPSA) is 81.7 Å². The lowest BCUT2D eigenvalue weighted by Crippen LogP contribution is -2.37. The van der Waals surface area contributed by atoms with Crippen LogP contribution in [0.2, 0.25) is 0 Å². The molecule has 3 aromatic rings. The van der Waals surface area contributed by atoms with Crippen molar-refractivity contribution >= 4 is 29.1 Å². The summed E-state index contributed by atoms with van der Waals surface area (Å²) in [6.45, 7) is 2.81. The summed E-state index contributed by atoms with van der Waals surface area (Å²) in [5, 5.41) is 15.5. The molecule has 3 aromatic carbocycles. The van der Waals surface area contributed by atoms with Gasteiger partial charge in [0.2, 0.25) is 0 Å². The Morgan fingerprint density at radius 3 is 2.38 bits per heavy atom. The van der Waals surface area contributed by atoms with E-state index in [1.165, 1.54) is 0 Å². The second kappa shape index (κ2) is 11.0. The number of nitrogens with one attached hydrogen (secondary N) is 2. The van der Waals surface area contributed by atoms with Crippen LogP contribution in [-0.2, 0) is 0 Å². The summed E-state index contributed by atoms with van der Waals surface area (Å²) in [6.07, 6.45) is 3.20. The molecule has 166 valence electrons. The zero-order chi connectivity index (χ0) is 22.9. The smallest absolute Gasteiger partial charge is 0.337 e. The molecular weight excluding hydrogens is 402 g/mol. The lowest BCUT2D eigenvalue weighted by molar-refractivity contribution is 0.0698. The minimum absolute atomic E-state index is 0.116. The number of anilines is 3. The Morgan fingerprint density at radius 1 is 0.906 bits per heavy atom. The number of hydrogen-bond acceptors (Lipinski definition) is 3. The molecule has 0 bridgehead atoms. The average Bonchev–Trinajstić information content (AvgIpc) is 2.82. The molecule has 0 saturated carbocycles. The highest BCUT2D eigenvalue weighted by Crippen LogP contribution is 2.27. The van der Waals surface area contributed by atoms with Crippen LogP contribution >= 0.6 is 0 Å². The number of amides is 2. The van der Waals surface area contributed by atoms with Crippen LogP contribution in [0.25, 0.3) is 11.1 Å². The van der Waals surface area contributed by atoms with Gasteiger partial charge < -0.3 is 15.7 Å². The van der Waals surface area contributed by atoms with Crippen LogP contribution in [-0.4, -0.2) is 30.7 Å². The van der Waals surface area contributed by atoms with Gasteiger partial charge in [-0.2, -0.15) is 0 Å². The average molecular weight is 432 g/mol. The lowest BCUT2D eigenvalue weighted by atomic mass is 10.0. The summed E-state index contributed by atoms with van der Waals surface area (Å²) < 4.78 is 0. The Balaban J connectivity index is 1.70. The highest BCUT2D eigenvalue weighted by Gasteiger charge is 2.12. The molecule has 3 N–H and O–H groups in total. The number of carbonyl (C=O) groups excluding carboxylic acids is 1. The quantitative estimate of drug-likeness (QED) is 0.356. The zero-order valence-electron chi connectivity index (χ0n) is 18.5. The molecule has 2 amide bonds. The summed E-state index contributed by atoms with van der Waals surface area (Å²) in [5.74, 6) is -0.972. The highest BCUT2D eigenvalue weighted by atomic mass is 16.4. The van der Waals surface area contributed by atoms with Crippen LogP contribution < -0.4 is 15.5 Å². The van der Waals surface area contributed by atoms with Gasteiger partial charge in [-0.1, -0.05) is 56.2 Å². The molecule has 0 spiro atoms. The summed E-state index contributed by atoms with van der Waals surface area (Å²) in [7, 11) is 1.77. The van der Waals surface area contributed by atoms with Gasteiger partial charge in [0.1, 0.15) is 0 Å². The fraction of sp³-hybridized carbons (Fsp3) is 0.231. The normalized spacial score (nSPS) is 10.4. The van der Waals surface area contributed by atoms with Gasteiger partial charge >= 0.3 is 12.0 Å². The summed E-state index contributed by atoms with van der Waals surface area (Å²) in [5.41, 5.74) is 4.36. The number of carboxylic acids is 1. The van der Waals surface area contributed by atoms with E-state index in [1.807, 2.05) is 48.5 Å². The Bertz CT molecular complexity index is 1060. The maximum absolute atomic E-state index is 12.4. The van der Waals surface area contributed by atoms with Gasteiger partial charge in [0.25, 0.3) is 0 Å². The third kappa shape index (κ3) is 5.88. The van der Waals surface area contributed by atoms with Crippen LogP contribution in [0.15, 0.2) is 72.8 Å². The van der Waals surface area contributed by atoms with Gasteiger partial charge in [0.15, 0.2) is 0 Å². The first-order valence-electron chi connectivity index (χ1n) is 10.8. The van der Waals surface area contributed by atoms with E-state index in [4.69, 9.17) is 0 Å². The van der Waals surface area contributed by atoms with E-state index in [-0.39, 0.29) is 11.6 Å². The Kier molecular flexibility index (Phi) is 7.86. The number of aromatic carboxylic acids is 1. The maximum Gasteiger partial charge on any atom is 0.337 e. The van der Waals surface area contributed by atoms with Gasteiger partial charge in [-0.05, 0) is 53.9 Å². The highest BCUT2D eigenvalue weighted by molar-refractivity contribution is 5.95. The van der Waals surface area contributed by atoms with Crippen molar-refractivity contribution in [2.45, 2.75) is 26.2 Å². The molecule has 0 unspecified atom stereocenters. The number of para-hydroxylation sites is 1. The molecule has 0 fully saturated rings. The molecule has 0 aliphatic heterocycles. The Labute approximate surface area is 188 Å². The van der Waals surface area contributed by atoms with Crippen molar-refractivity contribution in [3.8, 4) is 11.1 Å².